The molecular weight excluding hydrogens is 278 g/mol. The van der Waals surface area contributed by atoms with Gasteiger partial charge in [-0.3, -0.25) is 4.79 Å². The summed E-state index contributed by atoms with van der Waals surface area (Å²) in [6, 6.07) is 7.19. The van der Waals surface area contributed by atoms with Gasteiger partial charge in [-0.15, -0.1) is 0 Å². The van der Waals surface area contributed by atoms with Crippen molar-refractivity contribution in [3.63, 3.8) is 0 Å². The summed E-state index contributed by atoms with van der Waals surface area (Å²) in [6.07, 6.45) is 7.91. The molecule has 5 heteroatoms. The van der Waals surface area contributed by atoms with Gasteiger partial charge in [-0.05, 0) is 38.2 Å². The van der Waals surface area contributed by atoms with Gasteiger partial charge in [-0.25, -0.2) is 4.79 Å². The van der Waals surface area contributed by atoms with Crippen molar-refractivity contribution in [2.24, 2.45) is 0 Å². The first-order valence-electron chi connectivity index (χ1n) is 7.69. The number of rotatable bonds is 4. The van der Waals surface area contributed by atoms with E-state index in [0.29, 0.717) is 17.4 Å². The molecule has 1 amide bonds. The molecule has 0 atom stereocenters. The lowest BCUT2D eigenvalue weighted by Gasteiger charge is -2.13. The zero-order chi connectivity index (χ0) is 15.4. The van der Waals surface area contributed by atoms with Crippen molar-refractivity contribution >= 4 is 16.8 Å². The van der Waals surface area contributed by atoms with Gasteiger partial charge in [-0.2, -0.15) is 4.98 Å². The third-order valence-corrected chi connectivity index (χ3v) is 3.97. The summed E-state index contributed by atoms with van der Waals surface area (Å²) in [7, 11) is 0. The Balaban J connectivity index is 1.72. The number of nitrogens with one attached hydrogen (secondary N) is 2. The van der Waals surface area contributed by atoms with Crippen LogP contribution in [-0.4, -0.2) is 22.4 Å². The Morgan fingerprint density at radius 3 is 2.95 bits per heavy atom. The fourth-order valence-electron chi connectivity index (χ4n) is 2.83. The van der Waals surface area contributed by atoms with Crippen LogP contribution in [0.2, 0.25) is 0 Å². The number of hydrogen-bond donors (Lipinski definition) is 2. The predicted molar refractivity (Wildman–Crippen MR) is 85.9 cm³/mol. The molecule has 5 nitrogen and oxygen atoms in total. The number of hydrogen-bond acceptors (Lipinski definition) is 3. The molecule has 1 aliphatic rings. The van der Waals surface area contributed by atoms with Gasteiger partial charge in [0.05, 0.1) is 5.52 Å². The quantitative estimate of drug-likeness (QED) is 0.852. The minimum absolute atomic E-state index is 0.192. The van der Waals surface area contributed by atoms with E-state index in [1.165, 1.54) is 18.4 Å². The largest absolute Gasteiger partial charge is 0.350 e. The molecule has 0 unspecified atom stereocenters. The van der Waals surface area contributed by atoms with Gasteiger partial charge in [0.25, 0.3) is 5.91 Å². The summed E-state index contributed by atoms with van der Waals surface area (Å²) >= 11 is 0. The van der Waals surface area contributed by atoms with Crippen LogP contribution in [0, 0.1) is 0 Å². The summed E-state index contributed by atoms with van der Waals surface area (Å²) in [5.74, 6) is -0.293. The number of carbonyl (C=O) groups is 1. The number of aromatic amines is 1. The van der Waals surface area contributed by atoms with Crippen LogP contribution in [-0.2, 0) is 0 Å². The molecule has 0 saturated carbocycles. The zero-order valence-corrected chi connectivity index (χ0v) is 12.4. The lowest BCUT2D eigenvalue weighted by molar-refractivity contribution is 0.0950. The first-order chi connectivity index (χ1) is 10.7. The molecule has 0 saturated heterocycles. The minimum Gasteiger partial charge on any atom is -0.350 e. The van der Waals surface area contributed by atoms with E-state index in [1.54, 1.807) is 12.1 Å². The molecule has 1 aromatic carbocycles. The van der Waals surface area contributed by atoms with Gasteiger partial charge in [0.1, 0.15) is 5.69 Å². The molecule has 1 aromatic heterocycles. The molecule has 0 spiro atoms. The van der Waals surface area contributed by atoms with Crippen LogP contribution >= 0.6 is 0 Å². The van der Waals surface area contributed by atoms with Gasteiger partial charge in [0.2, 0.25) is 0 Å². The highest BCUT2D eigenvalue weighted by molar-refractivity contribution is 6.04. The summed E-state index contributed by atoms with van der Waals surface area (Å²) in [5, 5.41) is 3.53. The van der Waals surface area contributed by atoms with Crippen molar-refractivity contribution < 1.29 is 4.79 Å². The van der Waals surface area contributed by atoms with Gasteiger partial charge in [0, 0.05) is 11.9 Å². The second kappa shape index (κ2) is 6.56. The Hall–Kier alpha value is -2.43. The fraction of sp³-hybridized carbons (Fsp3) is 0.353. The maximum atomic E-state index is 12.3. The van der Waals surface area contributed by atoms with Crippen molar-refractivity contribution in [2.45, 2.75) is 32.1 Å². The summed E-state index contributed by atoms with van der Waals surface area (Å²) < 4.78 is 0. The fourth-order valence-corrected chi connectivity index (χ4v) is 2.83. The lowest BCUT2D eigenvalue weighted by Crippen LogP contribution is -2.28. The molecule has 0 bridgehead atoms. The molecule has 22 heavy (non-hydrogen) atoms. The van der Waals surface area contributed by atoms with Crippen molar-refractivity contribution in [2.75, 3.05) is 6.54 Å². The van der Waals surface area contributed by atoms with E-state index in [9.17, 15) is 9.59 Å². The van der Waals surface area contributed by atoms with Crippen LogP contribution in [0.15, 0.2) is 40.7 Å². The van der Waals surface area contributed by atoms with Crippen LogP contribution in [0.3, 0.4) is 0 Å². The molecule has 1 aliphatic carbocycles. The Morgan fingerprint density at radius 2 is 2.14 bits per heavy atom. The average Bonchev–Trinajstić information content (AvgIpc) is 2.55. The van der Waals surface area contributed by atoms with Gasteiger partial charge < -0.3 is 10.3 Å². The average molecular weight is 297 g/mol. The number of nitrogens with zero attached hydrogens (tertiary/aromatic N) is 1. The van der Waals surface area contributed by atoms with Crippen LogP contribution in [0.1, 0.15) is 42.6 Å². The van der Waals surface area contributed by atoms with Crippen LogP contribution in [0.25, 0.3) is 10.9 Å². The highest BCUT2D eigenvalue weighted by Crippen LogP contribution is 2.19. The minimum atomic E-state index is -0.501. The van der Waals surface area contributed by atoms with Crippen molar-refractivity contribution in [3.05, 3.63) is 52.1 Å². The van der Waals surface area contributed by atoms with Crippen molar-refractivity contribution in [3.8, 4) is 0 Å². The van der Waals surface area contributed by atoms with Gasteiger partial charge in [0.15, 0.2) is 0 Å². The summed E-state index contributed by atoms with van der Waals surface area (Å²) in [4.78, 5) is 30.3. The third-order valence-electron chi connectivity index (χ3n) is 3.97. The van der Waals surface area contributed by atoms with Crippen LogP contribution in [0.4, 0.5) is 0 Å². The van der Waals surface area contributed by atoms with Crippen LogP contribution < -0.4 is 11.0 Å². The molecule has 0 fully saturated rings. The zero-order valence-electron chi connectivity index (χ0n) is 12.4. The van der Waals surface area contributed by atoms with Crippen LogP contribution in [0.5, 0.6) is 0 Å². The number of aromatic nitrogens is 2. The van der Waals surface area contributed by atoms with Gasteiger partial charge >= 0.3 is 5.69 Å². The maximum Gasteiger partial charge on any atom is 0.346 e. The van der Waals surface area contributed by atoms with E-state index in [-0.39, 0.29) is 11.6 Å². The predicted octanol–water partition coefficient (Wildman–Crippen LogP) is 2.54. The normalized spacial score (nSPS) is 14.6. The van der Waals surface area contributed by atoms with E-state index in [0.717, 1.165) is 19.3 Å². The molecular formula is C17H19N3O2. The highest BCUT2D eigenvalue weighted by Gasteiger charge is 2.13. The van der Waals surface area contributed by atoms with E-state index in [2.05, 4.69) is 21.4 Å². The Bertz CT molecular complexity index is 777. The number of fused-ring (bicyclic) bond motifs is 1. The first-order valence-corrected chi connectivity index (χ1v) is 7.69. The second-order valence-electron chi connectivity index (χ2n) is 5.55. The Morgan fingerprint density at radius 1 is 1.27 bits per heavy atom. The number of H-pyrrole nitrogens is 1. The summed E-state index contributed by atoms with van der Waals surface area (Å²) in [6.45, 7) is 0.577. The third kappa shape index (κ3) is 3.24. The number of para-hydroxylation sites is 1. The number of carbonyl (C=O) groups excluding carboxylic acids is 1. The summed E-state index contributed by atoms with van der Waals surface area (Å²) in [5.41, 5.74) is 1.73. The molecule has 0 radical (unpaired) electrons. The Labute approximate surface area is 128 Å². The van der Waals surface area contributed by atoms with E-state index < -0.39 is 5.69 Å². The number of amides is 1. The molecule has 2 N–H and O–H groups in total. The lowest BCUT2D eigenvalue weighted by atomic mass is 9.97. The van der Waals surface area contributed by atoms with Gasteiger partial charge in [-0.1, -0.05) is 29.8 Å². The van der Waals surface area contributed by atoms with Crippen molar-refractivity contribution in [1.82, 2.24) is 15.3 Å². The van der Waals surface area contributed by atoms with E-state index in [4.69, 9.17) is 0 Å². The Kier molecular flexibility index (Phi) is 4.32. The monoisotopic (exact) mass is 297 g/mol. The van der Waals surface area contributed by atoms with Crippen molar-refractivity contribution in [1.29, 1.82) is 0 Å². The molecule has 2 aromatic rings. The molecule has 1 heterocycles. The molecule has 0 aliphatic heterocycles. The topological polar surface area (TPSA) is 74.8 Å². The highest BCUT2D eigenvalue weighted by atomic mass is 16.2. The maximum absolute atomic E-state index is 12.3. The molecule has 3 rings (SSSR count). The van der Waals surface area contributed by atoms with E-state index >= 15 is 0 Å². The second-order valence-corrected chi connectivity index (χ2v) is 5.55. The molecule has 114 valence electrons. The number of allylic oxidation sites excluding steroid dienone is 1. The SMILES string of the molecule is O=C(NCCC1=CCCCC1)c1nc(=O)[nH]c2ccccc12. The number of benzene rings is 1. The standard InChI is InChI=1S/C17H19N3O2/c21-16(18-11-10-12-6-2-1-3-7-12)15-13-8-4-5-9-14(13)19-17(22)20-15/h4-6,8-9H,1-3,7,10-11H2,(H,18,21)(H,19,20,22). The first kappa shape index (κ1) is 14.5. The smallest absolute Gasteiger partial charge is 0.346 e. The van der Waals surface area contributed by atoms with E-state index in [1.807, 2.05) is 12.1 Å².